The van der Waals surface area contributed by atoms with E-state index in [0.717, 1.165) is 22.3 Å². The molecule has 5 rings (SSSR count). The molecule has 9 nitrogen and oxygen atoms in total. The van der Waals surface area contributed by atoms with Crippen LogP contribution in [0.5, 0.6) is 17.2 Å². The third-order valence-electron chi connectivity index (χ3n) is 6.31. The fraction of sp³-hybridized carbons (Fsp3) is 0.167. The first kappa shape index (κ1) is 26.8. The maximum absolute atomic E-state index is 13.0. The Morgan fingerprint density at radius 1 is 0.975 bits per heavy atom. The molecule has 3 aromatic carbocycles. The number of hydrogen-bond donors (Lipinski definition) is 1. The van der Waals surface area contributed by atoms with E-state index in [2.05, 4.69) is 10.4 Å². The van der Waals surface area contributed by atoms with Gasteiger partial charge in [-0.1, -0.05) is 41.9 Å². The topological polar surface area (TPSA) is 92.4 Å². The first-order chi connectivity index (χ1) is 19.4. The van der Waals surface area contributed by atoms with Gasteiger partial charge in [0.2, 0.25) is 17.6 Å². The minimum Gasteiger partial charge on any atom is -0.493 e. The molecule has 0 bridgehead atoms. The average Bonchev–Trinajstić information content (AvgIpc) is 3.51. The van der Waals surface area contributed by atoms with Crippen molar-refractivity contribution in [2.24, 2.45) is 0 Å². The molecule has 0 radical (unpaired) electrons. The molecule has 2 aromatic heterocycles. The number of hydrogen-bond acceptors (Lipinski definition) is 6. The van der Waals surface area contributed by atoms with Crippen molar-refractivity contribution >= 4 is 40.4 Å². The van der Waals surface area contributed by atoms with Gasteiger partial charge in [-0.3, -0.25) is 4.79 Å². The molecule has 40 heavy (non-hydrogen) atoms. The Morgan fingerprint density at radius 3 is 2.38 bits per heavy atom. The Hall–Kier alpha value is -4.76. The van der Waals surface area contributed by atoms with Gasteiger partial charge in [0.25, 0.3) is 0 Å². The van der Waals surface area contributed by atoms with Crippen molar-refractivity contribution in [1.82, 2.24) is 19.3 Å². The summed E-state index contributed by atoms with van der Waals surface area (Å²) in [6.07, 6.45) is 3.10. The molecule has 5 aromatic rings. The maximum Gasteiger partial charge on any atom is 0.249 e. The van der Waals surface area contributed by atoms with Crippen molar-refractivity contribution in [3.05, 3.63) is 94.6 Å². The minimum absolute atomic E-state index is 0.344. The van der Waals surface area contributed by atoms with Crippen LogP contribution >= 0.6 is 11.6 Å². The Kier molecular flexibility index (Phi) is 7.75. The molecule has 0 saturated heterocycles. The summed E-state index contributed by atoms with van der Waals surface area (Å²) >= 11 is 6.49. The number of methoxy groups -OCH3 is 3. The van der Waals surface area contributed by atoms with Gasteiger partial charge in [-0.25, -0.2) is 4.98 Å². The molecular formula is C30H28ClN5O4. The van der Waals surface area contributed by atoms with Crippen LogP contribution in [-0.2, 0) is 11.3 Å². The first-order valence-electron chi connectivity index (χ1n) is 12.5. The largest absolute Gasteiger partial charge is 0.493 e. The van der Waals surface area contributed by atoms with E-state index in [1.54, 1.807) is 43.2 Å². The summed E-state index contributed by atoms with van der Waals surface area (Å²) in [6, 6.07) is 20.8. The number of para-hydroxylation sites is 2. The summed E-state index contributed by atoms with van der Waals surface area (Å²) < 4.78 is 19.9. The van der Waals surface area contributed by atoms with E-state index in [4.69, 9.17) is 30.8 Å². The SMILES string of the molecule is COc1cc(/C=C/C(=O)Nc2cc(C)nn2-c2nc3ccccc3n2Cc2ccccc2Cl)cc(OC)c1OC. The zero-order chi connectivity index (χ0) is 28.2. The minimum atomic E-state index is -0.344. The van der Waals surface area contributed by atoms with Crippen molar-refractivity contribution in [1.29, 1.82) is 0 Å². The molecule has 0 aliphatic rings. The normalized spacial score (nSPS) is 11.2. The molecule has 0 unspecified atom stereocenters. The third-order valence-corrected chi connectivity index (χ3v) is 6.68. The van der Waals surface area contributed by atoms with Crippen LogP contribution in [0, 0.1) is 6.92 Å². The van der Waals surface area contributed by atoms with Crippen molar-refractivity contribution in [3.63, 3.8) is 0 Å². The molecule has 1 N–H and O–H groups in total. The van der Waals surface area contributed by atoms with Gasteiger partial charge in [0.1, 0.15) is 5.82 Å². The van der Waals surface area contributed by atoms with E-state index in [1.807, 2.05) is 60.0 Å². The molecular weight excluding hydrogens is 530 g/mol. The highest BCUT2D eigenvalue weighted by atomic mass is 35.5. The second-order valence-electron chi connectivity index (χ2n) is 8.94. The molecule has 0 aliphatic heterocycles. The molecule has 204 valence electrons. The summed E-state index contributed by atoms with van der Waals surface area (Å²) in [6.45, 7) is 2.34. The zero-order valence-electron chi connectivity index (χ0n) is 22.5. The molecule has 0 aliphatic carbocycles. The van der Waals surface area contributed by atoms with Gasteiger partial charge in [-0.2, -0.15) is 9.78 Å². The zero-order valence-corrected chi connectivity index (χ0v) is 23.3. The molecule has 0 saturated carbocycles. The smallest absolute Gasteiger partial charge is 0.249 e. The van der Waals surface area contributed by atoms with E-state index in [1.165, 1.54) is 13.2 Å². The van der Waals surface area contributed by atoms with Gasteiger partial charge in [-0.15, -0.1) is 0 Å². The highest BCUT2D eigenvalue weighted by molar-refractivity contribution is 6.31. The highest BCUT2D eigenvalue weighted by Crippen LogP contribution is 2.38. The summed E-state index contributed by atoms with van der Waals surface area (Å²) in [5.41, 5.74) is 4.09. The van der Waals surface area contributed by atoms with Crippen LogP contribution in [0.25, 0.3) is 23.1 Å². The number of aryl methyl sites for hydroxylation is 1. The number of rotatable bonds is 9. The number of fused-ring (bicyclic) bond motifs is 1. The van der Waals surface area contributed by atoms with Crippen LogP contribution in [0.2, 0.25) is 5.02 Å². The standard InChI is InChI=1S/C30H28ClN5O4/c1-19-15-27(33-28(37)14-13-20-16-25(38-2)29(40-4)26(17-20)39-3)36(34-19)30-32-23-11-7-8-12-24(23)35(30)18-21-9-5-6-10-22(21)31/h5-17H,18H2,1-4H3,(H,33,37)/b14-13+. The quantitative estimate of drug-likeness (QED) is 0.226. The molecule has 0 fully saturated rings. The number of anilines is 1. The second-order valence-corrected chi connectivity index (χ2v) is 9.35. The van der Waals surface area contributed by atoms with Crippen LogP contribution in [0.3, 0.4) is 0 Å². The van der Waals surface area contributed by atoms with Gasteiger partial charge in [0.15, 0.2) is 11.5 Å². The number of nitrogens with one attached hydrogen (secondary N) is 1. The van der Waals surface area contributed by atoms with Gasteiger partial charge < -0.3 is 24.1 Å². The number of ether oxygens (including phenoxy) is 3. The number of carbonyl (C=O) groups excluding carboxylic acids is 1. The summed E-state index contributed by atoms with van der Waals surface area (Å²) in [4.78, 5) is 17.9. The number of aromatic nitrogens is 4. The number of carbonyl (C=O) groups is 1. The predicted octanol–water partition coefficient (Wildman–Crippen LogP) is 5.91. The van der Waals surface area contributed by atoms with Crippen LogP contribution in [0.4, 0.5) is 5.82 Å². The Balaban J connectivity index is 1.47. The lowest BCUT2D eigenvalue weighted by Crippen LogP contribution is -2.16. The highest BCUT2D eigenvalue weighted by Gasteiger charge is 2.19. The van der Waals surface area contributed by atoms with Crippen molar-refractivity contribution in [3.8, 4) is 23.2 Å². The van der Waals surface area contributed by atoms with E-state index < -0.39 is 0 Å². The van der Waals surface area contributed by atoms with Crippen LogP contribution in [0.15, 0.2) is 72.8 Å². The summed E-state index contributed by atoms with van der Waals surface area (Å²) in [5, 5.41) is 8.25. The lowest BCUT2D eigenvalue weighted by Gasteiger charge is -2.13. The molecule has 0 atom stereocenters. The number of nitrogens with zero attached hydrogens (tertiary/aromatic N) is 4. The summed E-state index contributed by atoms with van der Waals surface area (Å²) in [7, 11) is 4.62. The number of imidazole rings is 1. The maximum atomic E-state index is 13.0. The number of benzene rings is 3. The van der Waals surface area contributed by atoms with Crippen LogP contribution < -0.4 is 19.5 Å². The summed E-state index contributed by atoms with van der Waals surface area (Å²) in [5.74, 6) is 2.15. The fourth-order valence-corrected chi connectivity index (χ4v) is 4.65. The second kappa shape index (κ2) is 11.5. The van der Waals surface area contributed by atoms with E-state index in [-0.39, 0.29) is 5.91 Å². The fourth-order valence-electron chi connectivity index (χ4n) is 4.46. The van der Waals surface area contributed by atoms with Gasteiger partial charge >= 0.3 is 0 Å². The Bertz CT molecular complexity index is 1700. The monoisotopic (exact) mass is 557 g/mol. The van der Waals surface area contributed by atoms with E-state index in [9.17, 15) is 4.79 Å². The Labute approximate surface area is 236 Å². The molecule has 0 spiro atoms. The molecule has 1 amide bonds. The molecule has 10 heteroatoms. The first-order valence-corrected chi connectivity index (χ1v) is 12.8. The van der Waals surface area contributed by atoms with E-state index in [0.29, 0.717) is 46.1 Å². The van der Waals surface area contributed by atoms with Gasteiger partial charge in [-0.05, 0) is 54.5 Å². The third kappa shape index (κ3) is 5.37. The number of amides is 1. The average molecular weight is 558 g/mol. The van der Waals surface area contributed by atoms with Crippen LogP contribution in [0.1, 0.15) is 16.8 Å². The van der Waals surface area contributed by atoms with Crippen molar-refractivity contribution in [2.45, 2.75) is 13.5 Å². The Morgan fingerprint density at radius 2 is 1.68 bits per heavy atom. The van der Waals surface area contributed by atoms with E-state index >= 15 is 0 Å². The number of halogens is 1. The lowest BCUT2D eigenvalue weighted by molar-refractivity contribution is -0.111. The van der Waals surface area contributed by atoms with Crippen LogP contribution in [-0.4, -0.2) is 46.6 Å². The van der Waals surface area contributed by atoms with Gasteiger partial charge in [0, 0.05) is 17.2 Å². The van der Waals surface area contributed by atoms with Gasteiger partial charge in [0.05, 0.1) is 44.6 Å². The van der Waals surface area contributed by atoms with Crippen molar-refractivity contribution in [2.75, 3.05) is 26.6 Å². The predicted molar refractivity (Wildman–Crippen MR) is 156 cm³/mol. The van der Waals surface area contributed by atoms with Crippen molar-refractivity contribution < 1.29 is 19.0 Å². The molecule has 2 heterocycles. The lowest BCUT2D eigenvalue weighted by atomic mass is 10.1.